The molecule has 86 valence electrons. The summed E-state index contributed by atoms with van der Waals surface area (Å²) in [6.07, 6.45) is 0. The van der Waals surface area contributed by atoms with E-state index in [9.17, 15) is 4.57 Å². The average Bonchev–Trinajstić information content (AvgIpc) is 2.65. The molecule has 4 rings (SSSR count). The number of halogens is 3. The topological polar surface area (TPSA) is 51.2 Å². The van der Waals surface area contributed by atoms with Crippen LogP contribution in [0.5, 0.6) is 0 Å². The molecule has 0 aliphatic carbocycles. The third-order valence-electron chi connectivity index (χ3n) is 1.88. The van der Waals surface area contributed by atoms with Gasteiger partial charge < -0.3 is 0 Å². The van der Waals surface area contributed by atoms with E-state index in [2.05, 4.69) is 47.8 Å². The van der Waals surface area contributed by atoms with E-state index in [0.717, 1.165) is 18.8 Å². The van der Waals surface area contributed by atoms with Crippen LogP contribution in [0.4, 0.5) is 5.69 Å². The van der Waals surface area contributed by atoms with Crippen molar-refractivity contribution in [1.82, 2.24) is 5.34 Å². The van der Waals surface area contributed by atoms with E-state index in [0.29, 0.717) is 5.69 Å². The second kappa shape index (κ2) is 3.76. The van der Waals surface area contributed by atoms with Gasteiger partial charge in [0.15, 0.2) is 0 Å². The van der Waals surface area contributed by atoms with Gasteiger partial charge in [-0.25, -0.2) is 4.57 Å². The molecule has 0 aromatic heterocycles. The van der Waals surface area contributed by atoms with E-state index in [1.54, 1.807) is 6.07 Å². The maximum atomic E-state index is 11.4. The molecule has 0 amide bonds. The van der Waals surface area contributed by atoms with Crippen molar-refractivity contribution < 1.29 is 18.4 Å². The summed E-state index contributed by atoms with van der Waals surface area (Å²) in [6, 6.07) is 3.65. The molecule has 0 atom stereocenters. The number of fused-ring (bicyclic) bond motifs is 1. The van der Waals surface area contributed by atoms with Crippen molar-refractivity contribution in [1.29, 1.82) is 0 Å². The molecule has 2 bridgehead atoms. The molecule has 0 N–H and O–H groups in total. The zero-order chi connectivity index (χ0) is 11.5. The molecular formula is C6H2Br3N2O4P. The first kappa shape index (κ1) is 11.6. The number of benzene rings is 1. The molecule has 10 heteroatoms. The third-order valence-corrected chi connectivity index (χ3v) is 5.55. The zero-order valence-corrected chi connectivity index (χ0v) is 12.9. The predicted molar refractivity (Wildman–Crippen MR) is 64.7 cm³/mol. The lowest BCUT2D eigenvalue weighted by molar-refractivity contribution is -0.318. The van der Waals surface area contributed by atoms with Crippen LogP contribution >= 0.6 is 55.6 Å². The number of hydrogen-bond donors (Lipinski definition) is 0. The lowest BCUT2D eigenvalue weighted by Crippen LogP contribution is -2.34. The number of rotatable bonds is 1. The molecule has 0 unspecified atom stereocenters. The minimum atomic E-state index is -3.38. The molecule has 3 fully saturated rings. The molecule has 3 aliphatic rings. The Morgan fingerprint density at radius 1 is 1.06 bits per heavy atom. The maximum Gasteiger partial charge on any atom is 0.538 e. The lowest BCUT2D eigenvalue weighted by atomic mass is 10.3. The largest absolute Gasteiger partial charge is 0.538 e. The Labute approximate surface area is 115 Å². The smallest absolute Gasteiger partial charge is 0.222 e. The highest BCUT2D eigenvalue weighted by atomic mass is 79.9. The van der Waals surface area contributed by atoms with Crippen LogP contribution in [0.15, 0.2) is 25.6 Å². The van der Waals surface area contributed by atoms with E-state index in [1.807, 2.05) is 6.07 Å². The highest BCUT2D eigenvalue weighted by Gasteiger charge is 2.60. The van der Waals surface area contributed by atoms with Gasteiger partial charge in [-0.15, -0.1) is 19.0 Å². The quantitative estimate of drug-likeness (QED) is 0.491. The van der Waals surface area contributed by atoms with Gasteiger partial charge >= 0.3 is 7.82 Å². The summed E-state index contributed by atoms with van der Waals surface area (Å²) in [5.74, 6) is 0. The summed E-state index contributed by atoms with van der Waals surface area (Å²) in [5.41, 5.74) is 0.588. The van der Waals surface area contributed by atoms with Crippen molar-refractivity contribution >= 4 is 61.3 Å². The first-order chi connectivity index (χ1) is 7.50. The number of hydrazine groups is 1. The van der Waals surface area contributed by atoms with Crippen molar-refractivity contribution in [3.8, 4) is 0 Å². The molecule has 3 aliphatic heterocycles. The zero-order valence-electron chi connectivity index (χ0n) is 7.26. The number of hydrogen-bond acceptors (Lipinski definition) is 6. The van der Waals surface area contributed by atoms with Gasteiger partial charge in [-0.3, -0.25) is 0 Å². The summed E-state index contributed by atoms with van der Waals surface area (Å²) in [6.45, 7) is 0. The highest BCUT2D eigenvalue weighted by Crippen LogP contribution is 2.68. The summed E-state index contributed by atoms with van der Waals surface area (Å²) in [4.78, 5) is 0. The van der Waals surface area contributed by atoms with Crippen molar-refractivity contribution in [3.05, 3.63) is 25.6 Å². The second-order valence-electron chi connectivity index (χ2n) is 2.89. The lowest BCUT2D eigenvalue weighted by Gasteiger charge is -2.22. The predicted octanol–water partition coefficient (Wildman–Crippen LogP) is 3.93. The van der Waals surface area contributed by atoms with Gasteiger partial charge in [0.25, 0.3) is 0 Å². The Morgan fingerprint density at radius 3 is 2.25 bits per heavy atom. The summed E-state index contributed by atoms with van der Waals surface area (Å²) in [5, 5.41) is 2.08. The first-order valence-corrected chi connectivity index (χ1v) is 7.77. The van der Waals surface area contributed by atoms with Gasteiger partial charge in [0.1, 0.15) is 5.69 Å². The van der Waals surface area contributed by atoms with Crippen molar-refractivity contribution in [2.45, 2.75) is 0 Å². The van der Waals surface area contributed by atoms with Crippen LogP contribution < -0.4 is 5.17 Å². The van der Waals surface area contributed by atoms with Crippen molar-refractivity contribution in [2.75, 3.05) is 5.17 Å². The average molecular weight is 437 g/mol. The second-order valence-corrected chi connectivity index (χ2v) is 6.78. The van der Waals surface area contributed by atoms with Crippen LogP contribution in [0.3, 0.4) is 0 Å². The van der Waals surface area contributed by atoms with Gasteiger partial charge in [0, 0.05) is 8.95 Å². The Balaban J connectivity index is 2.08. The summed E-state index contributed by atoms with van der Waals surface area (Å²) in [7, 11) is -3.38. The van der Waals surface area contributed by atoms with E-state index < -0.39 is 7.82 Å². The Morgan fingerprint density at radius 2 is 1.69 bits per heavy atom. The molecule has 0 saturated carbocycles. The molecule has 1 aromatic rings. The first-order valence-electron chi connectivity index (χ1n) is 3.93. The minimum absolute atomic E-state index is 0.588. The van der Waals surface area contributed by atoms with E-state index >= 15 is 0 Å². The molecule has 6 nitrogen and oxygen atoms in total. The van der Waals surface area contributed by atoms with Crippen LogP contribution in [0.2, 0.25) is 0 Å². The normalized spacial score (nSPS) is 31.7. The van der Waals surface area contributed by atoms with Crippen molar-refractivity contribution in [2.24, 2.45) is 0 Å². The number of anilines is 1. The van der Waals surface area contributed by atoms with Crippen molar-refractivity contribution in [3.63, 3.8) is 0 Å². The molecule has 0 spiro atoms. The van der Waals surface area contributed by atoms with E-state index in [4.69, 9.17) is 13.9 Å². The molecule has 1 aromatic carbocycles. The van der Waals surface area contributed by atoms with Crippen LogP contribution in [0.1, 0.15) is 0 Å². The van der Waals surface area contributed by atoms with Gasteiger partial charge in [-0.05, 0) is 59.9 Å². The number of phosphoric acid groups is 1. The minimum Gasteiger partial charge on any atom is -0.222 e. The van der Waals surface area contributed by atoms with Gasteiger partial charge in [-0.1, -0.05) is 0 Å². The summed E-state index contributed by atoms with van der Waals surface area (Å²) < 4.78 is 28.2. The molecule has 3 saturated heterocycles. The van der Waals surface area contributed by atoms with E-state index in [1.165, 1.54) is 5.17 Å². The molecular weight excluding hydrogens is 435 g/mol. The van der Waals surface area contributed by atoms with E-state index in [-0.39, 0.29) is 0 Å². The Kier molecular flexibility index (Phi) is 2.73. The van der Waals surface area contributed by atoms with Gasteiger partial charge in [-0.2, -0.15) is 0 Å². The fraction of sp³-hybridized carbons (Fsp3) is 0. The Bertz CT molecular complexity index is 517. The SMILES string of the molecule is O=P12ON(O1)N(c1c(Br)ccc(Br)c1Br)O2. The Hall–Kier alpha value is 0.530. The van der Waals surface area contributed by atoms with Gasteiger partial charge in [0.05, 0.1) is 9.81 Å². The van der Waals surface area contributed by atoms with Crippen LogP contribution in [-0.2, 0) is 18.4 Å². The standard InChI is InChI=1S/C6H2Br3N2O4P/c7-3-1-2-4(8)6(5(3)9)10-11-14-16(12,13-10)15-11/h1-2H. The fourth-order valence-electron chi connectivity index (χ4n) is 1.21. The molecule has 3 heterocycles. The van der Waals surface area contributed by atoms with Gasteiger partial charge in [0.2, 0.25) is 0 Å². The molecule has 16 heavy (non-hydrogen) atoms. The molecule has 0 radical (unpaired) electrons. The number of nitrogens with zero attached hydrogens (tertiary/aromatic N) is 2. The van der Waals surface area contributed by atoms with Crippen LogP contribution in [0.25, 0.3) is 0 Å². The summed E-state index contributed by atoms with van der Waals surface area (Å²) >= 11 is 10.1. The highest BCUT2D eigenvalue weighted by molar-refractivity contribution is 9.13. The fourth-order valence-corrected chi connectivity index (χ4v) is 3.66. The third kappa shape index (κ3) is 1.62. The monoisotopic (exact) mass is 434 g/mol. The maximum absolute atomic E-state index is 11.4. The van der Waals surface area contributed by atoms with Crippen LogP contribution in [0, 0.1) is 0 Å². The van der Waals surface area contributed by atoms with Crippen LogP contribution in [-0.4, -0.2) is 5.34 Å².